The minimum atomic E-state index is -0.801. The third-order valence-corrected chi connectivity index (χ3v) is 1.96. The molecule has 86 valence electrons. The maximum atomic E-state index is 13.1. The molecule has 0 aliphatic heterocycles. The van der Waals surface area contributed by atoms with E-state index in [1.165, 1.54) is 0 Å². The summed E-state index contributed by atoms with van der Waals surface area (Å²) in [6.07, 6.45) is -0.371. The zero-order valence-corrected chi connectivity index (χ0v) is 8.40. The van der Waals surface area contributed by atoms with Crippen molar-refractivity contribution in [2.24, 2.45) is 0 Å². The van der Waals surface area contributed by atoms with Gasteiger partial charge in [-0.1, -0.05) is 0 Å². The molecule has 0 saturated heterocycles. The number of esters is 1. The van der Waals surface area contributed by atoms with Gasteiger partial charge in [0.25, 0.3) is 5.69 Å². The Morgan fingerprint density at radius 1 is 1.62 bits per heavy atom. The highest BCUT2D eigenvalue weighted by molar-refractivity contribution is 5.74. The molecule has 0 atom stereocenters. The number of carbonyl (C=O) groups is 1. The Bertz CT molecular complexity index is 447. The van der Waals surface area contributed by atoms with E-state index in [0.29, 0.717) is 0 Å². The predicted molar refractivity (Wildman–Crippen MR) is 53.2 cm³/mol. The van der Waals surface area contributed by atoms with Crippen molar-refractivity contribution in [3.63, 3.8) is 0 Å². The lowest BCUT2D eigenvalue weighted by atomic mass is 10.1. The van der Waals surface area contributed by atoms with Crippen molar-refractivity contribution >= 4 is 17.3 Å². The Morgan fingerprint density at radius 2 is 2.25 bits per heavy atom. The highest BCUT2D eigenvalue weighted by Crippen LogP contribution is 2.25. The summed E-state index contributed by atoms with van der Waals surface area (Å²) in [6.45, 7) is 0. The van der Waals surface area contributed by atoms with Crippen LogP contribution in [0.3, 0.4) is 0 Å². The Kier molecular flexibility index (Phi) is 3.39. The molecule has 0 spiro atoms. The number of nitrogen functional groups attached to an aromatic ring is 1. The van der Waals surface area contributed by atoms with Crippen LogP contribution in [-0.4, -0.2) is 18.0 Å². The average Bonchev–Trinajstić information content (AvgIpc) is 2.22. The number of nitrogens with zero attached hydrogens (tertiary/aromatic N) is 1. The molecule has 0 aliphatic rings. The van der Waals surface area contributed by atoms with E-state index in [-0.39, 0.29) is 17.7 Å². The second kappa shape index (κ2) is 4.56. The van der Waals surface area contributed by atoms with E-state index in [9.17, 15) is 19.3 Å². The predicted octanol–water partition coefficient (Wildman–Crippen LogP) is 1.03. The summed E-state index contributed by atoms with van der Waals surface area (Å²) in [6, 6.07) is 1.75. The minimum Gasteiger partial charge on any atom is -0.469 e. The third kappa shape index (κ3) is 2.44. The van der Waals surface area contributed by atoms with Crippen molar-refractivity contribution < 1.29 is 18.8 Å². The van der Waals surface area contributed by atoms with Gasteiger partial charge in [0.15, 0.2) is 0 Å². The molecule has 0 aliphatic carbocycles. The molecule has 1 aromatic rings. The number of rotatable bonds is 3. The van der Waals surface area contributed by atoms with Gasteiger partial charge in [0.05, 0.1) is 24.1 Å². The molecule has 16 heavy (non-hydrogen) atoms. The molecular formula is C9H9FN2O4. The van der Waals surface area contributed by atoms with Gasteiger partial charge in [-0.25, -0.2) is 4.39 Å². The fourth-order valence-electron chi connectivity index (χ4n) is 1.16. The molecule has 0 aromatic heterocycles. The van der Waals surface area contributed by atoms with Crippen molar-refractivity contribution in [1.29, 1.82) is 0 Å². The molecule has 0 unspecified atom stereocenters. The van der Waals surface area contributed by atoms with Crippen LogP contribution in [0, 0.1) is 15.9 Å². The standard InChI is InChI=1S/C9H9FN2O4/c1-16-9(13)3-5-2-6(10)7(11)4-8(5)12(14)15/h2,4H,3,11H2,1H3. The Labute approximate surface area is 90.0 Å². The van der Waals surface area contributed by atoms with E-state index in [0.717, 1.165) is 19.2 Å². The number of carbonyl (C=O) groups excluding carboxylic acids is 1. The van der Waals surface area contributed by atoms with Crippen molar-refractivity contribution in [2.75, 3.05) is 12.8 Å². The summed E-state index contributed by atoms with van der Waals surface area (Å²) in [7, 11) is 1.14. The van der Waals surface area contributed by atoms with Crippen LogP contribution >= 0.6 is 0 Å². The fourth-order valence-corrected chi connectivity index (χ4v) is 1.16. The Balaban J connectivity index is 3.19. The monoisotopic (exact) mass is 228 g/mol. The Hall–Kier alpha value is -2.18. The number of halogens is 1. The molecule has 0 saturated carbocycles. The quantitative estimate of drug-likeness (QED) is 0.361. The molecule has 0 radical (unpaired) electrons. The number of nitrogens with two attached hydrogens (primary N) is 1. The summed E-state index contributed by atoms with van der Waals surface area (Å²) in [5.74, 6) is -1.49. The molecule has 0 fully saturated rings. The maximum Gasteiger partial charge on any atom is 0.310 e. The molecule has 1 aromatic carbocycles. The van der Waals surface area contributed by atoms with Crippen LogP contribution < -0.4 is 5.73 Å². The topological polar surface area (TPSA) is 95.5 Å². The summed E-state index contributed by atoms with van der Waals surface area (Å²) < 4.78 is 17.4. The normalized spacial score (nSPS) is 9.88. The highest BCUT2D eigenvalue weighted by Gasteiger charge is 2.19. The summed E-state index contributed by atoms with van der Waals surface area (Å²) >= 11 is 0. The lowest BCUT2D eigenvalue weighted by Crippen LogP contribution is -2.08. The smallest absolute Gasteiger partial charge is 0.310 e. The fraction of sp³-hybridized carbons (Fsp3) is 0.222. The average molecular weight is 228 g/mol. The van der Waals surface area contributed by atoms with Gasteiger partial charge in [0, 0.05) is 11.6 Å². The van der Waals surface area contributed by atoms with Crippen LogP contribution in [-0.2, 0) is 16.0 Å². The third-order valence-electron chi connectivity index (χ3n) is 1.96. The number of hydrogen-bond donors (Lipinski definition) is 1. The largest absolute Gasteiger partial charge is 0.469 e. The van der Waals surface area contributed by atoms with Crippen LogP contribution in [0.5, 0.6) is 0 Å². The van der Waals surface area contributed by atoms with Crippen molar-refractivity contribution in [3.05, 3.63) is 33.6 Å². The van der Waals surface area contributed by atoms with Crippen molar-refractivity contribution in [3.8, 4) is 0 Å². The second-order valence-corrected chi connectivity index (χ2v) is 3.01. The van der Waals surface area contributed by atoms with E-state index in [1.54, 1.807) is 0 Å². The van der Waals surface area contributed by atoms with Crippen LogP contribution in [0.4, 0.5) is 15.8 Å². The van der Waals surface area contributed by atoms with Gasteiger partial charge in [0.2, 0.25) is 0 Å². The van der Waals surface area contributed by atoms with Gasteiger partial charge in [-0.15, -0.1) is 0 Å². The highest BCUT2D eigenvalue weighted by atomic mass is 19.1. The first-order valence-electron chi connectivity index (χ1n) is 4.24. The van der Waals surface area contributed by atoms with E-state index < -0.39 is 22.4 Å². The van der Waals surface area contributed by atoms with Gasteiger partial charge < -0.3 is 10.5 Å². The zero-order valence-electron chi connectivity index (χ0n) is 8.40. The van der Waals surface area contributed by atoms with Gasteiger partial charge in [-0.3, -0.25) is 14.9 Å². The molecule has 7 heteroatoms. The van der Waals surface area contributed by atoms with Gasteiger partial charge in [0.1, 0.15) is 5.82 Å². The Morgan fingerprint density at radius 3 is 2.75 bits per heavy atom. The van der Waals surface area contributed by atoms with E-state index >= 15 is 0 Å². The maximum absolute atomic E-state index is 13.1. The number of methoxy groups -OCH3 is 1. The van der Waals surface area contributed by atoms with E-state index in [4.69, 9.17) is 5.73 Å². The first-order chi connectivity index (χ1) is 7.45. The number of hydrogen-bond acceptors (Lipinski definition) is 5. The minimum absolute atomic E-state index is 0.0662. The number of nitro benzene ring substituents is 1. The van der Waals surface area contributed by atoms with Crippen LogP contribution in [0.2, 0.25) is 0 Å². The molecule has 6 nitrogen and oxygen atoms in total. The molecule has 1 rings (SSSR count). The summed E-state index contributed by atoms with van der Waals surface area (Å²) in [4.78, 5) is 20.9. The van der Waals surface area contributed by atoms with E-state index in [1.807, 2.05) is 0 Å². The summed E-state index contributed by atoms with van der Waals surface area (Å²) in [5, 5.41) is 10.6. The lowest BCUT2D eigenvalue weighted by molar-refractivity contribution is -0.385. The van der Waals surface area contributed by atoms with Crippen LogP contribution in [0.1, 0.15) is 5.56 Å². The molecule has 2 N–H and O–H groups in total. The van der Waals surface area contributed by atoms with Gasteiger partial charge in [-0.2, -0.15) is 0 Å². The first kappa shape index (κ1) is 11.9. The number of nitro groups is 1. The number of benzene rings is 1. The van der Waals surface area contributed by atoms with Crippen LogP contribution in [0.15, 0.2) is 12.1 Å². The molecular weight excluding hydrogens is 219 g/mol. The molecule has 0 heterocycles. The molecule has 0 bridgehead atoms. The number of ether oxygens (including phenoxy) is 1. The van der Waals surface area contributed by atoms with E-state index in [2.05, 4.69) is 4.74 Å². The second-order valence-electron chi connectivity index (χ2n) is 3.01. The van der Waals surface area contributed by atoms with Crippen molar-refractivity contribution in [1.82, 2.24) is 0 Å². The molecule has 0 amide bonds. The van der Waals surface area contributed by atoms with Crippen molar-refractivity contribution in [2.45, 2.75) is 6.42 Å². The van der Waals surface area contributed by atoms with Crippen LogP contribution in [0.25, 0.3) is 0 Å². The first-order valence-corrected chi connectivity index (χ1v) is 4.24. The zero-order chi connectivity index (χ0) is 12.3. The number of anilines is 1. The SMILES string of the molecule is COC(=O)Cc1cc(F)c(N)cc1[N+](=O)[O-]. The lowest BCUT2D eigenvalue weighted by Gasteiger charge is -2.04. The van der Waals surface area contributed by atoms with Gasteiger partial charge in [-0.05, 0) is 6.07 Å². The van der Waals surface area contributed by atoms with Gasteiger partial charge >= 0.3 is 5.97 Å². The summed E-state index contributed by atoms with van der Waals surface area (Å²) in [5.41, 5.74) is 4.40.